The number of alkyl halides is 2. The first-order valence-corrected chi connectivity index (χ1v) is 10.0. The Bertz CT molecular complexity index is 1060. The Morgan fingerprint density at radius 1 is 1.19 bits per heavy atom. The second kappa shape index (κ2) is 8.79. The van der Waals surface area contributed by atoms with Crippen molar-refractivity contribution in [3.05, 3.63) is 59.6 Å². The molecule has 9 heteroatoms. The number of nitrogens with zero attached hydrogens (tertiary/aromatic N) is 2. The van der Waals surface area contributed by atoms with Crippen molar-refractivity contribution >= 4 is 23.6 Å². The molecular formula is C22H21F2N3O4. The first kappa shape index (κ1) is 20.9. The number of amides is 1. The molecule has 0 aliphatic heterocycles. The van der Waals surface area contributed by atoms with Gasteiger partial charge in [-0.15, -0.1) is 0 Å². The molecule has 1 aliphatic rings. The third-order valence-corrected chi connectivity index (χ3v) is 5.40. The maximum absolute atomic E-state index is 13.7. The van der Waals surface area contributed by atoms with Gasteiger partial charge in [-0.25, -0.2) is 18.6 Å². The number of nitrogens with one attached hydrogen (secondary N) is 1. The second-order valence-corrected chi connectivity index (χ2v) is 7.60. The van der Waals surface area contributed by atoms with Crippen LogP contribution in [0.5, 0.6) is 0 Å². The molecule has 2 heterocycles. The van der Waals surface area contributed by atoms with Gasteiger partial charge in [-0.1, -0.05) is 30.3 Å². The fourth-order valence-electron chi connectivity index (χ4n) is 3.72. The summed E-state index contributed by atoms with van der Waals surface area (Å²) in [4.78, 5) is 31.8. The summed E-state index contributed by atoms with van der Waals surface area (Å²) < 4.78 is 38.4. The number of carbonyl (C=O) groups is 2. The molecule has 1 aromatic carbocycles. The van der Waals surface area contributed by atoms with Gasteiger partial charge in [0.15, 0.2) is 17.5 Å². The van der Waals surface area contributed by atoms with E-state index >= 15 is 0 Å². The van der Waals surface area contributed by atoms with Crippen LogP contribution in [0.1, 0.15) is 53.7 Å². The molecule has 1 N–H and O–H groups in total. The number of fused-ring (bicyclic) bond motifs is 1. The van der Waals surface area contributed by atoms with Gasteiger partial charge < -0.3 is 14.5 Å². The summed E-state index contributed by atoms with van der Waals surface area (Å²) in [6, 6.07) is 11.5. The molecule has 1 aliphatic carbocycles. The van der Waals surface area contributed by atoms with Gasteiger partial charge in [0.1, 0.15) is 18.3 Å². The number of hydrogen-bond acceptors (Lipinski definition) is 6. The van der Waals surface area contributed by atoms with E-state index in [0.717, 1.165) is 5.56 Å². The largest absolute Gasteiger partial charge is 0.445 e. The third-order valence-electron chi connectivity index (χ3n) is 5.40. The van der Waals surface area contributed by atoms with Crippen LogP contribution < -0.4 is 5.32 Å². The van der Waals surface area contributed by atoms with E-state index in [1.807, 2.05) is 30.3 Å². The summed E-state index contributed by atoms with van der Waals surface area (Å²) in [5.41, 5.74) is 1.56. The summed E-state index contributed by atoms with van der Waals surface area (Å²) in [6.45, 7) is 0.0694. The standard InChI is InChI=1S/C22H21F2N3O4/c23-22(24)10-8-15(9-11-22)18(26-21(29)30-13-14-4-2-1-3-5-14)20-27-19-17(31-20)7-6-16(12-28)25-19/h1-7,12,15,18H,8-11,13H2,(H,26,29)/t18-/m1/s1. The van der Waals surface area contributed by atoms with Gasteiger partial charge in [0, 0.05) is 12.8 Å². The van der Waals surface area contributed by atoms with Gasteiger partial charge in [-0.3, -0.25) is 4.79 Å². The number of pyridine rings is 1. The summed E-state index contributed by atoms with van der Waals surface area (Å²) in [6.07, 6.45) is -0.265. The molecule has 0 radical (unpaired) electrons. The van der Waals surface area contributed by atoms with Crippen LogP contribution in [0, 0.1) is 5.92 Å². The maximum Gasteiger partial charge on any atom is 0.408 e. The minimum Gasteiger partial charge on any atom is -0.445 e. The molecule has 0 saturated heterocycles. The summed E-state index contributed by atoms with van der Waals surface area (Å²) in [7, 11) is 0. The Morgan fingerprint density at radius 3 is 2.65 bits per heavy atom. The van der Waals surface area contributed by atoms with E-state index in [-0.39, 0.29) is 55.4 Å². The lowest BCUT2D eigenvalue weighted by Crippen LogP contribution is -2.37. The molecule has 1 atom stereocenters. The van der Waals surface area contributed by atoms with Crippen LogP contribution in [-0.2, 0) is 11.3 Å². The van der Waals surface area contributed by atoms with E-state index < -0.39 is 18.1 Å². The topological polar surface area (TPSA) is 94.3 Å². The van der Waals surface area contributed by atoms with Crippen molar-refractivity contribution in [2.24, 2.45) is 5.92 Å². The quantitative estimate of drug-likeness (QED) is 0.564. The van der Waals surface area contributed by atoms with E-state index in [4.69, 9.17) is 9.15 Å². The van der Waals surface area contributed by atoms with E-state index in [9.17, 15) is 18.4 Å². The third kappa shape index (κ3) is 5.04. The second-order valence-electron chi connectivity index (χ2n) is 7.60. The lowest BCUT2D eigenvalue weighted by atomic mass is 9.82. The highest BCUT2D eigenvalue weighted by Gasteiger charge is 2.40. The van der Waals surface area contributed by atoms with E-state index in [1.165, 1.54) is 6.07 Å². The van der Waals surface area contributed by atoms with E-state index in [1.54, 1.807) is 6.07 Å². The fraction of sp³-hybridized carbons (Fsp3) is 0.364. The van der Waals surface area contributed by atoms with Crippen LogP contribution in [0.3, 0.4) is 0 Å². The predicted molar refractivity (Wildman–Crippen MR) is 107 cm³/mol. The highest BCUT2D eigenvalue weighted by molar-refractivity contribution is 5.78. The smallest absolute Gasteiger partial charge is 0.408 e. The number of aromatic nitrogens is 2. The van der Waals surface area contributed by atoms with Crippen molar-refractivity contribution < 1.29 is 27.5 Å². The highest BCUT2D eigenvalue weighted by Crippen LogP contribution is 2.41. The van der Waals surface area contributed by atoms with Crippen molar-refractivity contribution in [1.29, 1.82) is 0 Å². The molecule has 0 spiro atoms. The fourth-order valence-corrected chi connectivity index (χ4v) is 3.72. The Balaban J connectivity index is 1.54. The monoisotopic (exact) mass is 429 g/mol. The average Bonchev–Trinajstić information content (AvgIpc) is 3.20. The molecular weight excluding hydrogens is 408 g/mol. The van der Waals surface area contributed by atoms with Gasteiger partial charge >= 0.3 is 6.09 Å². The lowest BCUT2D eigenvalue weighted by Gasteiger charge is -2.32. The van der Waals surface area contributed by atoms with Crippen molar-refractivity contribution in [2.75, 3.05) is 0 Å². The molecule has 1 fully saturated rings. The minimum absolute atomic E-state index is 0.0694. The first-order valence-electron chi connectivity index (χ1n) is 10.0. The molecule has 4 rings (SSSR count). The number of halogens is 2. The molecule has 7 nitrogen and oxygen atoms in total. The van der Waals surface area contributed by atoms with Crippen LogP contribution in [0.4, 0.5) is 13.6 Å². The van der Waals surface area contributed by atoms with E-state index in [2.05, 4.69) is 15.3 Å². The summed E-state index contributed by atoms with van der Waals surface area (Å²) in [5, 5.41) is 2.73. The molecule has 162 valence electrons. The van der Waals surface area contributed by atoms with Crippen molar-refractivity contribution in [3.63, 3.8) is 0 Å². The Labute approximate surface area is 176 Å². The molecule has 1 amide bonds. The zero-order valence-electron chi connectivity index (χ0n) is 16.6. The molecule has 0 unspecified atom stereocenters. The summed E-state index contributed by atoms with van der Waals surface area (Å²) >= 11 is 0. The maximum atomic E-state index is 13.7. The first-order chi connectivity index (χ1) is 14.9. The number of hydrogen-bond donors (Lipinski definition) is 1. The number of benzene rings is 1. The van der Waals surface area contributed by atoms with Crippen LogP contribution in [0.2, 0.25) is 0 Å². The normalized spacial score (nSPS) is 17.2. The minimum atomic E-state index is -2.71. The molecule has 0 bridgehead atoms. The van der Waals surface area contributed by atoms with E-state index in [0.29, 0.717) is 11.9 Å². The number of oxazole rings is 1. The highest BCUT2D eigenvalue weighted by atomic mass is 19.3. The molecule has 1 saturated carbocycles. The Morgan fingerprint density at radius 2 is 1.94 bits per heavy atom. The van der Waals surface area contributed by atoms with Crippen LogP contribution in [0.15, 0.2) is 46.9 Å². The zero-order chi connectivity index (χ0) is 21.8. The molecule has 3 aromatic rings. The number of ether oxygens (including phenoxy) is 1. The van der Waals surface area contributed by atoms with Crippen molar-refractivity contribution in [3.8, 4) is 0 Å². The average molecular weight is 429 g/mol. The molecule has 31 heavy (non-hydrogen) atoms. The van der Waals surface area contributed by atoms with Crippen LogP contribution >= 0.6 is 0 Å². The van der Waals surface area contributed by atoms with Crippen molar-refractivity contribution in [1.82, 2.24) is 15.3 Å². The summed E-state index contributed by atoms with van der Waals surface area (Å²) in [5.74, 6) is -2.86. The lowest BCUT2D eigenvalue weighted by molar-refractivity contribution is -0.0505. The predicted octanol–water partition coefficient (Wildman–Crippen LogP) is 4.83. The van der Waals surface area contributed by atoms with Gasteiger partial charge in [0.25, 0.3) is 0 Å². The van der Waals surface area contributed by atoms with Crippen molar-refractivity contribution in [2.45, 2.75) is 44.3 Å². The Hall–Kier alpha value is -3.36. The van der Waals surface area contributed by atoms with Gasteiger partial charge in [0.05, 0.1) is 0 Å². The van der Waals surface area contributed by atoms with Gasteiger partial charge in [-0.05, 0) is 36.5 Å². The van der Waals surface area contributed by atoms with Gasteiger partial charge in [-0.2, -0.15) is 4.98 Å². The number of rotatable bonds is 6. The van der Waals surface area contributed by atoms with Gasteiger partial charge in [0.2, 0.25) is 11.8 Å². The SMILES string of the molecule is O=Cc1ccc2oc([C@H](NC(=O)OCc3ccccc3)C3CCC(F)(F)CC3)nc2n1. The molecule has 2 aromatic heterocycles. The zero-order valence-corrected chi connectivity index (χ0v) is 16.6. The van der Waals surface area contributed by atoms with Crippen LogP contribution in [0.25, 0.3) is 11.2 Å². The number of aldehydes is 1. The van der Waals surface area contributed by atoms with Crippen LogP contribution in [-0.4, -0.2) is 28.3 Å². The Kier molecular flexibility index (Phi) is 5.92. The number of alkyl carbamates (subject to hydrolysis) is 1. The number of carbonyl (C=O) groups excluding carboxylic acids is 2.